The van der Waals surface area contributed by atoms with Gasteiger partial charge in [-0.05, 0) is 37.7 Å². The first-order valence-corrected chi connectivity index (χ1v) is 4.73. The van der Waals surface area contributed by atoms with Crippen LogP contribution in [0, 0.1) is 5.82 Å². The molecule has 14 heavy (non-hydrogen) atoms. The molecule has 1 aromatic carbocycles. The highest BCUT2D eigenvalue weighted by molar-refractivity contribution is 6.30. The Labute approximate surface area is 88.0 Å². The number of likely N-dealkylation sites (N-methyl/N-ethyl adjacent to an activating group) is 1. The first kappa shape index (κ1) is 11.3. The molecule has 0 unspecified atom stereocenters. The monoisotopic (exact) mass is 217 g/mol. The zero-order chi connectivity index (χ0) is 10.6. The van der Waals surface area contributed by atoms with Crippen molar-refractivity contribution >= 4 is 11.6 Å². The highest BCUT2D eigenvalue weighted by Crippen LogP contribution is 2.26. The second-order valence-corrected chi connectivity index (χ2v) is 3.37. The zero-order valence-electron chi connectivity index (χ0n) is 8.23. The van der Waals surface area contributed by atoms with E-state index in [4.69, 9.17) is 16.3 Å². The van der Waals surface area contributed by atoms with Gasteiger partial charge in [0.2, 0.25) is 0 Å². The quantitative estimate of drug-likeness (QED) is 0.836. The molecule has 1 N–H and O–H groups in total. The van der Waals surface area contributed by atoms with Crippen molar-refractivity contribution in [1.82, 2.24) is 5.32 Å². The van der Waals surface area contributed by atoms with Gasteiger partial charge < -0.3 is 10.1 Å². The zero-order valence-corrected chi connectivity index (χ0v) is 8.99. The van der Waals surface area contributed by atoms with E-state index in [0.717, 1.165) is 12.1 Å². The summed E-state index contributed by atoms with van der Waals surface area (Å²) < 4.78 is 18.3. The Balaban J connectivity index is 2.99. The lowest BCUT2D eigenvalue weighted by Gasteiger charge is -2.09. The van der Waals surface area contributed by atoms with Crippen LogP contribution in [0.2, 0.25) is 5.02 Å². The molecule has 1 rings (SSSR count). The molecule has 0 heterocycles. The van der Waals surface area contributed by atoms with E-state index in [0.29, 0.717) is 11.4 Å². The summed E-state index contributed by atoms with van der Waals surface area (Å²) in [6, 6.07) is 2.98. The molecule has 1 aromatic rings. The van der Waals surface area contributed by atoms with E-state index in [-0.39, 0.29) is 5.75 Å². The Morgan fingerprint density at radius 3 is 2.79 bits per heavy atom. The Bertz CT molecular complexity index is 317. The van der Waals surface area contributed by atoms with Crippen LogP contribution in [0.4, 0.5) is 4.39 Å². The standard InChI is InChI=1S/C10H13ClFNO/c1-13-4-3-7-5-8(11)6-9(12)10(7)14-2/h5-6,13H,3-4H2,1-2H3. The molecule has 0 radical (unpaired) electrons. The predicted octanol–water partition coefficient (Wildman–Crippen LogP) is 2.25. The number of halogens is 2. The Hall–Kier alpha value is -0.800. The molecule has 4 heteroatoms. The molecular weight excluding hydrogens is 205 g/mol. The fourth-order valence-corrected chi connectivity index (χ4v) is 1.52. The lowest BCUT2D eigenvalue weighted by atomic mass is 10.1. The highest BCUT2D eigenvalue weighted by atomic mass is 35.5. The summed E-state index contributed by atoms with van der Waals surface area (Å²) in [6.45, 7) is 0.760. The van der Waals surface area contributed by atoms with E-state index < -0.39 is 5.82 Å². The molecule has 0 fully saturated rings. The normalized spacial score (nSPS) is 10.3. The maximum absolute atomic E-state index is 13.3. The molecule has 0 amide bonds. The molecule has 0 aliphatic carbocycles. The van der Waals surface area contributed by atoms with E-state index in [1.807, 2.05) is 7.05 Å². The minimum Gasteiger partial charge on any atom is -0.493 e. The highest BCUT2D eigenvalue weighted by Gasteiger charge is 2.10. The van der Waals surface area contributed by atoms with Crippen molar-refractivity contribution in [1.29, 1.82) is 0 Å². The van der Waals surface area contributed by atoms with Gasteiger partial charge in [-0.15, -0.1) is 0 Å². The van der Waals surface area contributed by atoms with Crippen LogP contribution in [-0.4, -0.2) is 20.7 Å². The number of rotatable bonds is 4. The van der Waals surface area contributed by atoms with Crippen LogP contribution in [-0.2, 0) is 6.42 Å². The van der Waals surface area contributed by atoms with Crippen molar-refractivity contribution in [2.75, 3.05) is 20.7 Å². The molecule has 0 aliphatic rings. The molecule has 0 spiro atoms. The number of nitrogens with one attached hydrogen (secondary N) is 1. The van der Waals surface area contributed by atoms with Gasteiger partial charge in [0.25, 0.3) is 0 Å². The van der Waals surface area contributed by atoms with Crippen molar-refractivity contribution in [3.63, 3.8) is 0 Å². The maximum atomic E-state index is 13.3. The topological polar surface area (TPSA) is 21.3 Å². The molecule has 0 atom stereocenters. The fraction of sp³-hybridized carbons (Fsp3) is 0.400. The van der Waals surface area contributed by atoms with Crippen LogP contribution >= 0.6 is 11.6 Å². The van der Waals surface area contributed by atoms with Gasteiger partial charge in [-0.2, -0.15) is 0 Å². The van der Waals surface area contributed by atoms with Crippen molar-refractivity contribution in [3.8, 4) is 5.75 Å². The first-order valence-electron chi connectivity index (χ1n) is 4.35. The second kappa shape index (κ2) is 5.17. The van der Waals surface area contributed by atoms with E-state index in [1.165, 1.54) is 13.2 Å². The van der Waals surface area contributed by atoms with Gasteiger partial charge in [0.1, 0.15) is 0 Å². The molecular formula is C10H13ClFNO. The van der Waals surface area contributed by atoms with Crippen molar-refractivity contribution in [2.45, 2.75) is 6.42 Å². The molecule has 78 valence electrons. The molecule has 0 aliphatic heterocycles. The molecule has 0 aromatic heterocycles. The molecule has 0 bridgehead atoms. The van der Waals surface area contributed by atoms with Crippen LogP contribution < -0.4 is 10.1 Å². The van der Waals surface area contributed by atoms with Gasteiger partial charge in [0, 0.05) is 5.02 Å². The van der Waals surface area contributed by atoms with Gasteiger partial charge in [-0.3, -0.25) is 0 Å². The van der Waals surface area contributed by atoms with E-state index in [2.05, 4.69) is 5.32 Å². The third-order valence-corrected chi connectivity index (χ3v) is 2.15. The van der Waals surface area contributed by atoms with Crippen molar-refractivity contribution < 1.29 is 9.13 Å². The number of hydrogen-bond acceptors (Lipinski definition) is 2. The lowest BCUT2D eigenvalue weighted by Crippen LogP contribution is -2.11. The predicted molar refractivity (Wildman–Crippen MR) is 55.6 cm³/mol. The van der Waals surface area contributed by atoms with E-state index >= 15 is 0 Å². The van der Waals surface area contributed by atoms with Crippen LogP contribution in [0.1, 0.15) is 5.56 Å². The van der Waals surface area contributed by atoms with Crippen molar-refractivity contribution in [2.24, 2.45) is 0 Å². The molecule has 2 nitrogen and oxygen atoms in total. The average molecular weight is 218 g/mol. The largest absolute Gasteiger partial charge is 0.493 e. The number of hydrogen-bond donors (Lipinski definition) is 1. The second-order valence-electron chi connectivity index (χ2n) is 2.93. The van der Waals surface area contributed by atoms with Crippen LogP contribution in [0.5, 0.6) is 5.75 Å². The van der Waals surface area contributed by atoms with Crippen LogP contribution in [0.3, 0.4) is 0 Å². The Kier molecular flexibility index (Phi) is 4.17. The maximum Gasteiger partial charge on any atom is 0.166 e. The van der Waals surface area contributed by atoms with Gasteiger partial charge in [-0.25, -0.2) is 4.39 Å². The third kappa shape index (κ3) is 2.59. The van der Waals surface area contributed by atoms with E-state index in [9.17, 15) is 4.39 Å². The average Bonchev–Trinajstić information content (AvgIpc) is 2.14. The number of methoxy groups -OCH3 is 1. The van der Waals surface area contributed by atoms with Gasteiger partial charge in [0.05, 0.1) is 7.11 Å². The Morgan fingerprint density at radius 2 is 2.21 bits per heavy atom. The fourth-order valence-electron chi connectivity index (χ4n) is 1.29. The third-order valence-electron chi connectivity index (χ3n) is 1.93. The smallest absolute Gasteiger partial charge is 0.166 e. The molecule has 0 saturated carbocycles. The van der Waals surface area contributed by atoms with Crippen LogP contribution in [0.15, 0.2) is 12.1 Å². The summed E-state index contributed by atoms with van der Waals surface area (Å²) in [5.41, 5.74) is 0.784. The minimum absolute atomic E-state index is 0.282. The summed E-state index contributed by atoms with van der Waals surface area (Å²) in [7, 11) is 3.29. The SMILES string of the molecule is CNCCc1cc(Cl)cc(F)c1OC. The van der Waals surface area contributed by atoms with Gasteiger partial charge in [0.15, 0.2) is 11.6 Å². The van der Waals surface area contributed by atoms with E-state index in [1.54, 1.807) is 6.07 Å². The summed E-state index contributed by atoms with van der Waals surface area (Å²) in [6.07, 6.45) is 0.692. The summed E-state index contributed by atoms with van der Waals surface area (Å²) in [5, 5.41) is 3.38. The minimum atomic E-state index is -0.411. The summed E-state index contributed by atoms with van der Waals surface area (Å²) >= 11 is 5.74. The van der Waals surface area contributed by atoms with Gasteiger partial charge in [-0.1, -0.05) is 11.6 Å². The lowest BCUT2D eigenvalue weighted by molar-refractivity contribution is 0.381. The van der Waals surface area contributed by atoms with Crippen molar-refractivity contribution in [3.05, 3.63) is 28.5 Å². The number of ether oxygens (including phenoxy) is 1. The Morgan fingerprint density at radius 1 is 1.50 bits per heavy atom. The summed E-state index contributed by atoms with van der Waals surface area (Å²) in [4.78, 5) is 0. The number of benzene rings is 1. The molecule has 0 saturated heterocycles. The van der Waals surface area contributed by atoms with Gasteiger partial charge >= 0.3 is 0 Å². The first-order chi connectivity index (χ1) is 6.69. The van der Waals surface area contributed by atoms with Crippen LogP contribution in [0.25, 0.3) is 0 Å². The summed E-state index contributed by atoms with van der Waals surface area (Å²) in [5.74, 6) is -0.129.